The van der Waals surface area contributed by atoms with Crippen molar-refractivity contribution in [2.75, 3.05) is 11.9 Å². The Morgan fingerprint density at radius 3 is 2.40 bits per heavy atom. The van der Waals surface area contributed by atoms with Gasteiger partial charge in [0.15, 0.2) is 6.61 Å². The second kappa shape index (κ2) is 10.5. The van der Waals surface area contributed by atoms with Crippen molar-refractivity contribution >= 4 is 23.6 Å². The molecule has 3 rings (SSSR count). The number of amides is 3. The monoisotopic (exact) mass is 407 g/mol. The topological polar surface area (TPSA) is 110 Å². The third kappa shape index (κ3) is 6.23. The van der Waals surface area contributed by atoms with Crippen LogP contribution in [0.15, 0.2) is 77.4 Å². The lowest BCUT2D eigenvalue weighted by Gasteiger charge is -2.11. The van der Waals surface area contributed by atoms with Gasteiger partial charge in [0.25, 0.3) is 5.91 Å². The highest BCUT2D eigenvalue weighted by Gasteiger charge is 2.15. The Morgan fingerprint density at radius 2 is 1.63 bits per heavy atom. The first kappa shape index (κ1) is 20.7. The van der Waals surface area contributed by atoms with Gasteiger partial charge in [0.05, 0.1) is 18.4 Å². The molecular formula is C22H21N3O5. The van der Waals surface area contributed by atoms with Crippen LogP contribution < -0.4 is 16.0 Å². The first-order valence-electron chi connectivity index (χ1n) is 9.26. The van der Waals surface area contributed by atoms with E-state index < -0.39 is 24.5 Å². The molecule has 8 heteroatoms. The summed E-state index contributed by atoms with van der Waals surface area (Å²) in [7, 11) is 0. The average molecular weight is 407 g/mol. The van der Waals surface area contributed by atoms with E-state index >= 15 is 0 Å². The molecule has 0 saturated carbocycles. The van der Waals surface area contributed by atoms with Crippen LogP contribution in [-0.4, -0.2) is 24.5 Å². The van der Waals surface area contributed by atoms with Gasteiger partial charge in [-0.25, -0.2) is 9.59 Å². The fraction of sp³-hybridized carbons (Fsp3) is 0.136. The first-order valence-corrected chi connectivity index (χ1v) is 9.26. The summed E-state index contributed by atoms with van der Waals surface area (Å²) in [6.45, 7) is 0.0813. The summed E-state index contributed by atoms with van der Waals surface area (Å²) in [5.74, 6) is -0.702. The van der Waals surface area contributed by atoms with Gasteiger partial charge in [-0.2, -0.15) is 0 Å². The Morgan fingerprint density at radius 1 is 0.867 bits per heavy atom. The maximum Gasteiger partial charge on any atom is 0.340 e. The zero-order chi connectivity index (χ0) is 21.2. The quantitative estimate of drug-likeness (QED) is 0.495. The number of anilines is 1. The van der Waals surface area contributed by atoms with Crippen LogP contribution in [0.3, 0.4) is 0 Å². The van der Waals surface area contributed by atoms with Crippen LogP contribution in [0.4, 0.5) is 10.5 Å². The highest BCUT2D eigenvalue weighted by molar-refractivity contribution is 5.99. The predicted octanol–water partition coefficient (Wildman–Crippen LogP) is 3.07. The second-order valence-electron chi connectivity index (χ2n) is 6.27. The number of ether oxygens (including phenoxy) is 1. The van der Waals surface area contributed by atoms with Crippen molar-refractivity contribution in [2.24, 2.45) is 0 Å². The van der Waals surface area contributed by atoms with Crippen molar-refractivity contribution in [3.05, 3.63) is 89.9 Å². The lowest BCUT2D eigenvalue weighted by molar-refractivity contribution is -0.123. The molecule has 0 atom stereocenters. The van der Waals surface area contributed by atoms with E-state index in [0.29, 0.717) is 18.0 Å². The van der Waals surface area contributed by atoms with Crippen LogP contribution in [-0.2, 0) is 22.6 Å². The largest absolute Gasteiger partial charge is 0.467 e. The Balaban J connectivity index is 1.45. The maximum atomic E-state index is 12.4. The van der Waals surface area contributed by atoms with Gasteiger partial charge < -0.3 is 19.8 Å². The van der Waals surface area contributed by atoms with Crippen molar-refractivity contribution in [3.63, 3.8) is 0 Å². The normalized spacial score (nSPS) is 10.1. The summed E-state index contributed by atoms with van der Waals surface area (Å²) in [4.78, 5) is 36.0. The van der Waals surface area contributed by atoms with Crippen LogP contribution in [0.5, 0.6) is 0 Å². The number of para-hydroxylation sites is 1. The van der Waals surface area contributed by atoms with Gasteiger partial charge in [-0.05, 0) is 29.8 Å². The fourth-order valence-electron chi connectivity index (χ4n) is 2.60. The van der Waals surface area contributed by atoms with Crippen LogP contribution in [0.2, 0.25) is 0 Å². The molecule has 0 bridgehead atoms. The Kier molecular flexibility index (Phi) is 7.21. The number of nitrogens with one attached hydrogen (secondary N) is 3. The summed E-state index contributed by atoms with van der Waals surface area (Å²) < 4.78 is 10.3. The van der Waals surface area contributed by atoms with Gasteiger partial charge in [0.2, 0.25) is 0 Å². The maximum absolute atomic E-state index is 12.4. The van der Waals surface area contributed by atoms with Crippen molar-refractivity contribution in [1.82, 2.24) is 10.6 Å². The van der Waals surface area contributed by atoms with Crippen LogP contribution in [0.1, 0.15) is 21.7 Å². The number of hydrogen-bond acceptors (Lipinski definition) is 6. The lowest BCUT2D eigenvalue weighted by atomic mass is 10.2. The Bertz CT molecular complexity index is 987. The molecule has 8 nitrogen and oxygen atoms in total. The zero-order valence-corrected chi connectivity index (χ0v) is 16.1. The number of urea groups is 1. The van der Waals surface area contributed by atoms with E-state index in [-0.39, 0.29) is 12.1 Å². The van der Waals surface area contributed by atoms with Gasteiger partial charge >= 0.3 is 12.0 Å². The second-order valence-corrected chi connectivity index (χ2v) is 6.27. The Labute approximate surface area is 173 Å². The average Bonchev–Trinajstić information content (AvgIpc) is 3.29. The fourth-order valence-corrected chi connectivity index (χ4v) is 2.60. The molecule has 0 aliphatic rings. The molecule has 0 spiro atoms. The number of carbonyl (C=O) groups is 3. The zero-order valence-electron chi connectivity index (χ0n) is 16.1. The molecule has 0 unspecified atom stereocenters. The number of benzene rings is 2. The van der Waals surface area contributed by atoms with E-state index in [1.54, 1.807) is 42.7 Å². The lowest BCUT2D eigenvalue weighted by Crippen LogP contribution is -2.41. The van der Waals surface area contributed by atoms with Crippen molar-refractivity contribution < 1.29 is 23.5 Å². The van der Waals surface area contributed by atoms with Gasteiger partial charge in [-0.1, -0.05) is 42.5 Å². The molecule has 0 aliphatic heterocycles. The number of furan rings is 1. The van der Waals surface area contributed by atoms with E-state index in [1.165, 1.54) is 0 Å². The summed E-state index contributed by atoms with van der Waals surface area (Å²) in [6, 6.07) is 18.9. The molecule has 3 N–H and O–H groups in total. The van der Waals surface area contributed by atoms with Crippen LogP contribution in [0.25, 0.3) is 0 Å². The summed E-state index contributed by atoms with van der Waals surface area (Å²) in [6.07, 6.45) is 1.56. The number of imide groups is 1. The molecule has 0 fully saturated rings. The summed E-state index contributed by atoms with van der Waals surface area (Å²) >= 11 is 0. The molecule has 0 saturated heterocycles. The van der Waals surface area contributed by atoms with Crippen molar-refractivity contribution in [3.8, 4) is 0 Å². The summed E-state index contributed by atoms with van der Waals surface area (Å²) in [5.41, 5.74) is 1.70. The van der Waals surface area contributed by atoms with Gasteiger partial charge in [-0.3, -0.25) is 10.1 Å². The molecule has 0 radical (unpaired) electrons. The standard InChI is InChI=1S/C22H21N3O5/c26-20(25-22(28)24-13-16-7-2-1-3-8-16)15-30-21(27)18-10-4-5-11-19(18)23-14-17-9-6-12-29-17/h1-12,23H,13-15H2,(H2,24,25,26,28). The predicted molar refractivity (Wildman–Crippen MR) is 110 cm³/mol. The van der Waals surface area contributed by atoms with Gasteiger partial charge in [0, 0.05) is 12.2 Å². The highest BCUT2D eigenvalue weighted by atomic mass is 16.5. The number of rotatable bonds is 8. The van der Waals surface area contributed by atoms with E-state index in [9.17, 15) is 14.4 Å². The van der Waals surface area contributed by atoms with Gasteiger partial charge in [-0.15, -0.1) is 0 Å². The van der Waals surface area contributed by atoms with Crippen LogP contribution in [0, 0.1) is 0 Å². The molecule has 3 amide bonds. The molecule has 30 heavy (non-hydrogen) atoms. The summed E-state index contributed by atoms with van der Waals surface area (Å²) in [5, 5.41) is 7.77. The highest BCUT2D eigenvalue weighted by Crippen LogP contribution is 2.17. The van der Waals surface area contributed by atoms with E-state index in [0.717, 1.165) is 5.56 Å². The number of carbonyl (C=O) groups excluding carboxylic acids is 3. The molecule has 154 valence electrons. The minimum absolute atomic E-state index is 0.269. The molecular weight excluding hydrogens is 386 g/mol. The SMILES string of the molecule is O=C(COC(=O)c1ccccc1NCc1ccco1)NC(=O)NCc1ccccc1. The number of esters is 1. The van der Waals surface area contributed by atoms with E-state index in [4.69, 9.17) is 9.15 Å². The smallest absolute Gasteiger partial charge is 0.340 e. The van der Waals surface area contributed by atoms with Crippen molar-refractivity contribution in [1.29, 1.82) is 0 Å². The molecule has 0 aliphatic carbocycles. The minimum atomic E-state index is -0.727. The van der Waals surface area contributed by atoms with E-state index in [2.05, 4.69) is 16.0 Å². The van der Waals surface area contributed by atoms with Crippen LogP contribution >= 0.6 is 0 Å². The van der Waals surface area contributed by atoms with Gasteiger partial charge in [0.1, 0.15) is 5.76 Å². The Hall–Kier alpha value is -4.07. The van der Waals surface area contributed by atoms with Crippen molar-refractivity contribution in [2.45, 2.75) is 13.1 Å². The molecule has 1 heterocycles. The first-order chi connectivity index (χ1) is 14.6. The molecule has 3 aromatic rings. The molecule has 1 aromatic heterocycles. The number of hydrogen-bond donors (Lipinski definition) is 3. The van der Waals surface area contributed by atoms with E-state index in [1.807, 2.05) is 30.3 Å². The minimum Gasteiger partial charge on any atom is -0.467 e. The molecule has 2 aromatic carbocycles. The third-order valence-corrected chi connectivity index (χ3v) is 4.06. The third-order valence-electron chi connectivity index (χ3n) is 4.06.